The van der Waals surface area contributed by atoms with Gasteiger partial charge in [-0.25, -0.2) is 4.79 Å². The van der Waals surface area contributed by atoms with E-state index in [-0.39, 0.29) is 11.6 Å². The highest BCUT2D eigenvalue weighted by Crippen LogP contribution is 2.18. The Bertz CT molecular complexity index is 428. The molecule has 0 saturated heterocycles. The largest absolute Gasteiger partial charge is 0.480 e. The number of anilines is 1. The van der Waals surface area contributed by atoms with Gasteiger partial charge in [0, 0.05) is 17.8 Å². The van der Waals surface area contributed by atoms with Crippen LogP contribution in [0.15, 0.2) is 24.3 Å². The van der Waals surface area contributed by atoms with Crippen LogP contribution < -0.4 is 5.32 Å². The first-order chi connectivity index (χ1) is 8.40. The number of carbonyl (C=O) groups is 1. The van der Waals surface area contributed by atoms with Gasteiger partial charge in [-0.3, -0.25) is 10.1 Å². The minimum Gasteiger partial charge on any atom is -0.480 e. The summed E-state index contributed by atoms with van der Waals surface area (Å²) in [4.78, 5) is 21.0. The average molecular weight is 252 g/mol. The maximum absolute atomic E-state index is 11.0. The molecule has 1 aromatic carbocycles. The molecule has 0 fully saturated rings. The fourth-order valence-electron chi connectivity index (χ4n) is 1.57. The summed E-state index contributed by atoms with van der Waals surface area (Å²) in [6.45, 7) is 3.88. The Kier molecular flexibility index (Phi) is 4.65. The summed E-state index contributed by atoms with van der Waals surface area (Å²) in [7, 11) is 0. The number of hydrogen-bond acceptors (Lipinski definition) is 4. The normalized spacial score (nSPS) is 12.2. The van der Waals surface area contributed by atoms with Gasteiger partial charge in [0.2, 0.25) is 0 Å². The standard InChI is InChI=1S/C12H16N2O4/c1-8(2)7-11(12(15)16)13-9-3-5-10(6-4-9)14(17)18/h3-6,8,11,13H,7H2,1-2H3,(H,15,16). The Morgan fingerprint density at radius 1 is 1.39 bits per heavy atom. The molecule has 2 N–H and O–H groups in total. The van der Waals surface area contributed by atoms with E-state index in [1.54, 1.807) is 0 Å². The number of nitrogens with zero attached hydrogens (tertiary/aromatic N) is 1. The molecule has 1 unspecified atom stereocenters. The summed E-state index contributed by atoms with van der Waals surface area (Å²) in [5.74, 6) is -0.682. The molecule has 18 heavy (non-hydrogen) atoms. The Hall–Kier alpha value is -2.11. The minimum atomic E-state index is -0.929. The van der Waals surface area contributed by atoms with Gasteiger partial charge >= 0.3 is 5.97 Å². The van der Waals surface area contributed by atoms with Gasteiger partial charge in [-0.2, -0.15) is 0 Å². The van der Waals surface area contributed by atoms with Gasteiger partial charge in [0.05, 0.1) is 4.92 Å². The average Bonchev–Trinajstić information content (AvgIpc) is 2.28. The van der Waals surface area contributed by atoms with Crippen molar-refractivity contribution in [3.05, 3.63) is 34.4 Å². The Labute approximate surface area is 105 Å². The van der Waals surface area contributed by atoms with Gasteiger partial charge in [0.25, 0.3) is 5.69 Å². The fourth-order valence-corrected chi connectivity index (χ4v) is 1.57. The third-order valence-corrected chi connectivity index (χ3v) is 2.42. The predicted octanol–water partition coefficient (Wildman–Crippen LogP) is 2.51. The second-order valence-corrected chi connectivity index (χ2v) is 4.47. The molecule has 98 valence electrons. The van der Waals surface area contributed by atoms with E-state index in [1.807, 2.05) is 13.8 Å². The SMILES string of the molecule is CC(C)CC(Nc1ccc([N+](=O)[O-])cc1)C(=O)O. The number of carboxylic acids is 1. The number of rotatable bonds is 6. The number of benzene rings is 1. The van der Waals surface area contributed by atoms with Crippen molar-refractivity contribution in [1.82, 2.24) is 0 Å². The van der Waals surface area contributed by atoms with Crippen molar-refractivity contribution in [1.29, 1.82) is 0 Å². The van der Waals surface area contributed by atoms with Crippen molar-refractivity contribution in [2.45, 2.75) is 26.3 Å². The topological polar surface area (TPSA) is 92.5 Å². The summed E-state index contributed by atoms with van der Waals surface area (Å²) >= 11 is 0. The molecule has 0 aromatic heterocycles. The number of aliphatic carboxylic acids is 1. The van der Waals surface area contributed by atoms with Crippen LogP contribution in [0, 0.1) is 16.0 Å². The van der Waals surface area contributed by atoms with Crippen LogP contribution in [0.4, 0.5) is 11.4 Å². The molecule has 1 rings (SSSR count). The van der Waals surface area contributed by atoms with Gasteiger partial charge in [-0.1, -0.05) is 13.8 Å². The van der Waals surface area contributed by atoms with E-state index in [2.05, 4.69) is 5.32 Å². The molecule has 0 amide bonds. The number of nitro benzene ring substituents is 1. The van der Waals surface area contributed by atoms with Gasteiger partial charge in [0.1, 0.15) is 6.04 Å². The molecular formula is C12H16N2O4. The van der Waals surface area contributed by atoms with Crippen LogP contribution in [-0.4, -0.2) is 22.0 Å². The molecule has 0 saturated carbocycles. The zero-order valence-corrected chi connectivity index (χ0v) is 10.3. The van der Waals surface area contributed by atoms with Crippen molar-refractivity contribution in [3.8, 4) is 0 Å². The Morgan fingerprint density at radius 2 is 1.94 bits per heavy atom. The number of carboxylic acid groups (broad SMARTS) is 1. The van der Waals surface area contributed by atoms with Crippen molar-refractivity contribution >= 4 is 17.3 Å². The number of nitrogens with one attached hydrogen (secondary N) is 1. The smallest absolute Gasteiger partial charge is 0.326 e. The minimum absolute atomic E-state index is 0.0173. The lowest BCUT2D eigenvalue weighted by Gasteiger charge is -2.17. The van der Waals surface area contributed by atoms with Crippen molar-refractivity contribution in [2.24, 2.45) is 5.92 Å². The first-order valence-corrected chi connectivity index (χ1v) is 5.64. The molecule has 6 heteroatoms. The summed E-state index contributed by atoms with van der Waals surface area (Å²) in [6.07, 6.45) is 0.492. The second kappa shape index (κ2) is 6.00. The Balaban J connectivity index is 2.75. The maximum Gasteiger partial charge on any atom is 0.326 e. The number of non-ortho nitro benzene ring substituents is 1. The lowest BCUT2D eigenvalue weighted by molar-refractivity contribution is -0.384. The third-order valence-electron chi connectivity index (χ3n) is 2.42. The summed E-state index contributed by atoms with van der Waals surface area (Å²) in [5, 5.41) is 22.4. The van der Waals surface area contributed by atoms with Crippen molar-refractivity contribution < 1.29 is 14.8 Å². The molecule has 0 bridgehead atoms. The second-order valence-electron chi connectivity index (χ2n) is 4.47. The van der Waals surface area contributed by atoms with E-state index in [0.29, 0.717) is 12.1 Å². The summed E-state index contributed by atoms with van der Waals surface area (Å²) in [6, 6.07) is 5.02. The van der Waals surface area contributed by atoms with Crippen LogP contribution in [0.1, 0.15) is 20.3 Å². The molecule has 0 heterocycles. The van der Waals surface area contributed by atoms with E-state index < -0.39 is 16.9 Å². The molecule has 0 spiro atoms. The molecular weight excluding hydrogens is 236 g/mol. The van der Waals surface area contributed by atoms with Gasteiger partial charge in [-0.15, -0.1) is 0 Å². The fraction of sp³-hybridized carbons (Fsp3) is 0.417. The van der Waals surface area contributed by atoms with E-state index in [4.69, 9.17) is 5.11 Å². The van der Waals surface area contributed by atoms with E-state index in [0.717, 1.165) is 0 Å². The van der Waals surface area contributed by atoms with Crippen LogP contribution in [0.25, 0.3) is 0 Å². The Morgan fingerprint density at radius 3 is 2.33 bits per heavy atom. The molecule has 0 aliphatic rings. The van der Waals surface area contributed by atoms with Gasteiger partial charge < -0.3 is 10.4 Å². The molecule has 1 aromatic rings. The highest BCUT2D eigenvalue weighted by Gasteiger charge is 2.18. The van der Waals surface area contributed by atoms with Crippen molar-refractivity contribution in [3.63, 3.8) is 0 Å². The van der Waals surface area contributed by atoms with Crippen LogP contribution in [0.2, 0.25) is 0 Å². The van der Waals surface area contributed by atoms with E-state index in [1.165, 1.54) is 24.3 Å². The lowest BCUT2D eigenvalue weighted by atomic mass is 10.0. The van der Waals surface area contributed by atoms with Crippen LogP contribution in [0.3, 0.4) is 0 Å². The molecule has 6 nitrogen and oxygen atoms in total. The first kappa shape index (κ1) is 14.0. The zero-order chi connectivity index (χ0) is 13.7. The third kappa shape index (κ3) is 4.04. The quantitative estimate of drug-likeness (QED) is 0.599. The van der Waals surface area contributed by atoms with Crippen LogP contribution in [-0.2, 0) is 4.79 Å². The van der Waals surface area contributed by atoms with Crippen molar-refractivity contribution in [2.75, 3.05) is 5.32 Å². The molecule has 1 atom stereocenters. The molecule has 0 aliphatic carbocycles. The maximum atomic E-state index is 11.0. The highest BCUT2D eigenvalue weighted by molar-refractivity contribution is 5.77. The number of nitro groups is 1. The zero-order valence-electron chi connectivity index (χ0n) is 10.3. The predicted molar refractivity (Wildman–Crippen MR) is 67.6 cm³/mol. The lowest BCUT2D eigenvalue weighted by Crippen LogP contribution is -2.30. The molecule has 0 aliphatic heterocycles. The van der Waals surface area contributed by atoms with E-state index >= 15 is 0 Å². The van der Waals surface area contributed by atoms with Gasteiger partial charge in [-0.05, 0) is 24.5 Å². The number of hydrogen-bond donors (Lipinski definition) is 2. The first-order valence-electron chi connectivity index (χ1n) is 5.64. The molecule has 0 radical (unpaired) electrons. The highest BCUT2D eigenvalue weighted by atomic mass is 16.6. The monoisotopic (exact) mass is 252 g/mol. The van der Waals surface area contributed by atoms with Crippen LogP contribution in [0.5, 0.6) is 0 Å². The summed E-state index contributed by atoms with van der Waals surface area (Å²) in [5.41, 5.74) is 0.546. The van der Waals surface area contributed by atoms with Crippen LogP contribution >= 0.6 is 0 Å². The van der Waals surface area contributed by atoms with E-state index in [9.17, 15) is 14.9 Å². The summed E-state index contributed by atoms with van der Waals surface area (Å²) < 4.78 is 0. The van der Waals surface area contributed by atoms with Gasteiger partial charge in [0.15, 0.2) is 0 Å².